The van der Waals surface area contributed by atoms with Crippen LogP contribution >= 0.6 is 0 Å². The highest BCUT2D eigenvalue weighted by Gasteiger charge is 2.19. The fourth-order valence-corrected chi connectivity index (χ4v) is 3.29. The lowest BCUT2D eigenvalue weighted by molar-refractivity contribution is -0.118. The van der Waals surface area contributed by atoms with Gasteiger partial charge in [0.2, 0.25) is 0 Å². The zero-order valence-electron chi connectivity index (χ0n) is 18.4. The highest BCUT2D eigenvalue weighted by atomic mass is 16.3. The average Bonchev–Trinajstić information content (AvgIpc) is 3.26. The number of carbonyl (C=O) groups is 2. The normalized spacial score (nSPS) is 12.3. The number of benzene rings is 2. The van der Waals surface area contributed by atoms with Crippen LogP contribution < -0.4 is 10.6 Å². The van der Waals surface area contributed by atoms with Gasteiger partial charge in [-0.2, -0.15) is 0 Å². The molecule has 0 saturated heterocycles. The summed E-state index contributed by atoms with van der Waals surface area (Å²) in [6.07, 6.45) is 3.78. The Bertz CT molecular complexity index is 1100. The largest absolute Gasteiger partial charge is 0.465 e. The minimum Gasteiger partial charge on any atom is -0.465 e. The van der Waals surface area contributed by atoms with Crippen molar-refractivity contribution in [3.63, 3.8) is 0 Å². The summed E-state index contributed by atoms with van der Waals surface area (Å²) < 4.78 is 5.36. The molecule has 2 aromatic carbocycles. The second-order valence-electron chi connectivity index (χ2n) is 7.68. The molecule has 1 aromatic heterocycles. The molecule has 0 aliphatic rings. The average molecular weight is 417 g/mol. The van der Waals surface area contributed by atoms with Crippen LogP contribution in [0.5, 0.6) is 0 Å². The molecule has 1 heterocycles. The fraction of sp³-hybridized carbons (Fsp3) is 0.231. The summed E-state index contributed by atoms with van der Waals surface area (Å²) >= 11 is 0. The van der Waals surface area contributed by atoms with Crippen LogP contribution in [0.15, 0.2) is 71.0 Å². The first-order valence-corrected chi connectivity index (χ1v) is 10.4. The SMILES string of the molecule is CC[C@@H](NC(=O)/C(=C/c1ccco1)NC(=O)c1cccc(C)c1)c1ccc(C)c(C)c1. The lowest BCUT2D eigenvalue weighted by Crippen LogP contribution is -2.36. The molecule has 1 atom stereocenters. The lowest BCUT2D eigenvalue weighted by atomic mass is 9.99. The molecule has 3 aromatic rings. The van der Waals surface area contributed by atoms with Gasteiger partial charge >= 0.3 is 0 Å². The predicted molar refractivity (Wildman–Crippen MR) is 122 cm³/mol. The van der Waals surface area contributed by atoms with Gasteiger partial charge in [-0.1, -0.05) is 42.8 Å². The molecule has 2 amide bonds. The van der Waals surface area contributed by atoms with E-state index in [1.807, 2.05) is 32.0 Å². The fourth-order valence-electron chi connectivity index (χ4n) is 3.29. The molecule has 0 bridgehead atoms. The number of carbonyl (C=O) groups excluding carboxylic acids is 2. The number of hydrogen-bond acceptors (Lipinski definition) is 3. The Hall–Kier alpha value is -3.60. The number of rotatable bonds is 7. The van der Waals surface area contributed by atoms with Crippen molar-refractivity contribution in [2.45, 2.75) is 40.2 Å². The maximum Gasteiger partial charge on any atom is 0.268 e. The molecule has 5 nitrogen and oxygen atoms in total. The number of aryl methyl sites for hydroxylation is 3. The number of furan rings is 1. The Labute approximate surface area is 183 Å². The van der Waals surface area contributed by atoms with E-state index in [0.717, 1.165) is 11.1 Å². The summed E-state index contributed by atoms with van der Waals surface area (Å²) in [6.45, 7) is 8.04. The summed E-state index contributed by atoms with van der Waals surface area (Å²) in [5, 5.41) is 5.80. The summed E-state index contributed by atoms with van der Waals surface area (Å²) in [6, 6.07) is 16.7. The van der Waals surface area contributed by atoms with Gasteiger partial charge in [-0.05, 0) is 68.1 Å². The molecule has 0 aliphatic carbocycles. The first kappa shape index (κ1) is 22.1. The summed E-state index contributed by atoms with van der Waals surface area (Å²) in [4.78, 5) is 25.9. The number of amides is 2. The van der Waals surface area contributed by atoms with Gasteiger partial charge < -0.3 is 15.1 Å². The van der Waals surface area contributed by atoms with Crippen LogP contribution in [0, 0.1) is 20.8 Å². The van der Waals surface area contributed by atoms with Gasteiger partial charge in [0.15, 0.2) is 0 Å². The van der Waals surface area contributed by atoms with E-state index in [4.69, 9.17) is 4.42 Å². The Morgan fingerprint density at radius 3 is 2.45 bits per heavy atom. The standard InChI is InChI=1S/C26H28N2O3/c1-5-23(20-12-11-18(3)19(4)15-20)27-26(30)24(16-22-10-7-13-31-22)28-25(29)21-9-6-8-17(2)14-21/h6-16,23H,5H2,1-4H3,(H,27,30)(H,28,29)/b24-16-/t23-/m1/s1. The van der Waals surface area contributed by atoms with Crippen molar-refractivity contribution in [3.8, 4) is 0 Å². The molecule has 0 fully saturated rings. The minimum atomic E-state index is -0.373. The molecule has 0 unspecified atom stereocenters. The zero-order valence-corrected chi connectivity index (χ0v) is 18.4. The molecule has 31 heavy (non-hydrogen) atoms. The van der Waals surface area contributed by atoms with Crippen LogP contribution in [0.2, 0.25) is 0 Å². The van der Waals surface area contributed by atoms with Gasteiger partial charge in [-0.25, -0.2) is 0 Å². The molecule has 3 rings (SSSR count). The van der Waals surface area contributed by atoms with Crippen LogP contribution in [0.4, 0.5) is 0 Å². The minimum absolute atomic E-state index is 0.128. The topological polar surface area (TPSA) is 71.3 Å². The van der Waals surface area contributed by atoms with E-state index in [0.29, 0.717) is 17.7 Å². The molecule has 0 aliphatic heterocycles. The molecule has 5 heteroatoms. The molecule has 0 spiro atoms. The molecular formula is C26H28N2O3. The van der Waals surface area contributed by atoms with Crippen LogP contribution in [-0.4, -0.2) is 11.8 Å². The second-order valence-corrected chi connectivity index (χ2v) is 7.68. The van der Waals surface area contributed by atoms with E-state index in [-0.39, 0.29) is 23.6 Å². The molecule has 0 saturated carbocycles. The third-order valence-corrected chi connectivity index (χ3v) is 5.25. The highest BCUT2D eigenvalue weighted by molar-refractivity contribution is 6.05. The number of hydrogen-bond donors (Lipinski definition) is 2. The van der Waals surface area contributed by atoms with E-state index < -0.39 is 0 Å². The van der Waals surface area contributed by atoms with Gasteiger partial charge in [-0.15, -0.1) is 0 Å². The summed E-state index contributed by atoms with van der Waals surface area (Å²) in [5.41, 5.74) is 4.98. The zero-order chi connectivity index (χ0) is 22.4. The Morgan fingerprint density at radius 2 is 1.81 bits per heavy atom. The van der Waals surface area contributed by atoms with Crippen molar-refractivity contribution in [2.24, 2.45) is 0 Å². The molecular weight excluding hydrogens is 388 g/mol. The third-order valence-electron chi connectivity index (χ3n) is 5.25. The van der Waals surface area contributed by atoms with Crippen molar-refractivity contribution in [1.82, 2.24) is 10.6 Å². The smallest absolute Gasteiger partial charge is 0.268 e. The van der Waals surface area contributed by atoms with Crippen molar-refractivity contribution >= 4 is 17.9 Å². The maximum absolute atomic E-state index is 13.2. The van der Waals surface area contributed by atoms with E-state index in [2.05, 4.69) is 36.6 Å². The quantitative estimate of drug-likeness (QED) is 0.517. The van der Waals surface area contributed by atoms with Crippen LogP contribution in [0.3, 0.4) is 0 Å². The van der Waals surface area contributed by atoms with Gasteiger partial charge in [-0.3, -0.25) is 9.59 Å². The van der Waals surface area contributed by atoms with Crippen molar-refractivity contribution in [3.05, 3.63) is 100 Å². The van der Waals surface area contributed by atoms with Crippen molar-refractivity contribution in [1.29, 1.82) is 0 Å². The second kappa shape index (κ2) is 9.94. The van der Waals surface area contributed by atoms with E-state index in [1.165, 1.54) is 23.5 Å². The predicted octanol–water partition coefficient (Wildman–Crippen LogP) is 5.24. The lowest BCUT2D eigenvalue weighted by Gasteiger charge is -2.20. The van der Waals surface area contributed by atoms with Gasteiger partial charge in [0.05, 0.1) is 12.3 Å². The number of nitrogens with one attached hydrogen (secondary N) is 2. The Kier molecular flexibility index (Phi) is 7.08. The van der Waals surface area contributed by atoms with Crippen LogP contribution in [-0.2, 0) is 4.79 Å². The maximum atomic E-state index is 13.2. The van der Waals surface area contributed by atoms with Crippen molar-refractivity contribution in [2.75, 3.05) is 0 Å². The highest BCUT2D eigenvalue weighted by Crippen LogP contribution is 2.20. The van der Waals surface area contributed by atoms with Crippen LogP contribution in [0.1, 0.15) is 57.8 Å². The monoisotopic (exact) mass is 416 g/mol. The Morgan fingerprint density at radius 1 is 1.00 bits per heavy atom. The van der Waals surface area contributed by atoms with Gasteiger partial charge in [0.1, 0.15) is 11.5 Å². The van der Waals surface area contributed by atoms with Crippen molar-refractivity contribution < 1.29 is 14.0 Å². The molecule has 160 valence electrons. The molecule has 0 radical (unpaired) electrons. The van der Waals surface area contributed by atoms with E-state index in [9.17, 15) is 9.59 Å². The summed E-state index contributed by atoms with van der Waals surface area (Å²) in [7, 11) is 0. The third kappa shape index (κ3) is 5.72. The van der Waals surface area contributed by atoms with E-state index in [1.54, 1.807) is 24.3 Å². The van der Waals surface area contributed by atoms with Gasteiger partial charge in [0, 0.05) is 11.6 Å². The van der Waals surface area contributed by atoms with Gasteiger partial charge in [0.25, 0.3) is 11.8 Å². The summed E-state index contributed by atoms with van der Waals surface area (Å²) in [5.74, 6) is -0.243. The first-order chi connectivity index (χ1) is 14.9. The van der Waals surface area contributed by atoms with Crippen LogP contribution in [0.25, 0.3) is 6.08 Å². The molecule has 2 N–H and O–H groups in total. The Balaban J connectivity index is 1.85. The first-order valence-electron chi connectivity index (χ1n) is 10.4. The van der Waals surface area contributed by atoms with E-state index >= 15 is 0 Å².